The van der Waals surface area contributed by atoms with Crippen molar-refractivity contribution in [3.8, 4) is 0 Å². The summed E-state index contributed by atoms with van der Waals surface area (Å²) >= 11 is 0. The van der Waals surface area contributed by atoms with Crippen molar-refractivity contribution in [3.63, 3.8) is 0 Å². The van der Waals surface area contributed by atoms with Crippen molar-refractivity contribution in [1.29, 1.82) is 0 Å². The van der Waals surface area contributed by atoms with Gasteiger partial charge >= 0.3 is 5.97 Å². The lowest BCUT2D eigenvalue weighted by atomic mass is 10.3. The largest absolute Gasteiger partial charge is 0.464 e. The summed E-state index contributed by atoms with van der Waals surface area (Å²) in [5, 5.41) is 5.34. The van der Waals surface area contributed by atoms with Gasteiger partial charge in [-0.15, -0.1) is 0 Å². The smallest absolute Gasteiger partial charge is 0.358 e. The number of aromatic nitrogens is 2. The Hall–Kier alpha value is -2.18. The van der Waals surface area contributed by atoms with Gasteiger partial charge in [-0.25, -0.2) is 14.8 Å². The van der Waals surface area contributed by atoms with Gasteiger partial charge in [0.15, 0.2) is 5.69 Å². The number of methoxy groups -OCH3 is 1. The highest BCUT2D eigenvalue weighted by atomic mass is 16.5. The van der Waals surface area contributed by atoms with Crippen LogP contribution in [0.2, 0.25) is 0 Å². The van der Waals surface area contributed by atoms with E-state index < -0.39 is 12.0 Å². The number of carbonyl (C=O) groups excluding carboxylic acids is 2. The highest BCUT2D eigenvalue weighted by Gasteiger charge is 2.12. The van der Waals surface area contributed by atoms with Gasteiger partial charge in [0.1, 0.15) is 11.9 Å². The molecule has 0 aromatic carbocycles. The minimum absolute atomic E-state index is 0.116. The number of nitrogens with one attached hydrogen (secondary N) is 2. The van der Waals surface area contributed by atoms with E-state index in [2.05, 4.69) is 25.3 Å². The van der Waals surface area contributed by atoms with E-state index in [1.54, 1.807) is 14.0 Å². The van der Waals surface area contributed by atoms with Crippen LogP contribution in [0.3, 0.4) is 0 Å². The zero-order valence-electron chi connectivity index (χ0n) is 9.85. The van der Waals surface area contributed by atoms with Crippen molar-refractivity contribution in [2.24, 2.45) is 0 Å². The maximum Gasteiger partial charge on any atom is 0.358 e. The fraction of sp³-hybridized carbons (Fsp3) is 0.400. The predicted octanol–water partition coefficient (Wildman–Crippen LogP) is -0.190. The number of carbonyl (C=O) groups is 2. The summed E-state index contributed by atoms with van der Waals surface area (Å²) in [6.07, 6.45) is 2.65. The Labute approximate surface area is 98.6 Å². The lowest BCUT2D eigenvalue weighted by Crippen LogP contribution is -2.35. The second kappa shape index (κ2) is 5.78. The van der Waals surface area contributed by atoms with Gasteiger partial charge in [-0.3, -0.25) is 4.79 Å². The van der Waals surface area contributed by atoms with Crippen LogP contribution < -0.4 is 10.6 Å². The van der Waals surface area contributed by atoms with Crippen LogP contribution >= 0.6 is 0 Å². The highest BCUT2D eigenvalue weighted by Crippen LogP contribution is 2.04. The van der Waals surface area contributed by atoms with Gasteiger partial charge < -0.3 is 15.4 Å². The van der Waals surface area contributed by atoms with Crippen molar-refractivity contribution in [1.82, 2.24) is 15.3 Å². The molecule has 17 heavy (non-hydrogen) atoms. The number of ether oxygens (including phenoxy) is 1. The minimum Gasteiger partial charge on any atom is -0.464 e. The third-order valence-corrected chi connectivity index (χ3v) is 2.05. The SMILES string of the molecule is CNC(=O)C(C)Nc1cnc(C(=O)OC)cn1. The van der Waals surface area contributed by atoms with Crippen LogP contribution in [0.5, 0.6) is 0 Å². The van der Waals surface area contributed by atoms with Crippen LogP contribution in [0.4, 0.5) is 5.82 Å². The number of amides is 1. The maximum atomic E-state index is 11.2. The molecule has 1 aromatic heterocycles. The van der Waals surface area contributed by atoms with E-state index in [9.17, 15) is 9.59 Å². The molecule has 0 spiro atoms. The molecule has 1 heterocycles. The fourth-order valence-electron chi connectivity index (χ4n) is 1.12. The predicted molar refractivity (Wildman–Crippen MR) is 60.5 cm³/mol. The molecular weight excluding hydrogens is 224 g/mol. The van der Waals surface area contributed by atoms with Gasteiger partial charge in [0.25, 0.3) is 0 Å². The second-order valence-corrected chi connectivity index (χ2v) is 3.26. The second-order valence-electron chi connectivity index (χ2n) is 3.26. The van der Waals surface area contributed by atoms with Gasteiger partial charge in [0.2, 0.25) is 5.91 Å². The van der Waals surface area contributed by atoms with E-state index in [0.29, 0.717) is 5.82 Å². The third-order valence-electron chi connectivity index (χ3n) is 2.05. The van der Waals surface area contributed by atoms with Crippen molar-refractivity contribution in [2.45, 2.75) is 13.0 Å². The molecule has 1 rings (SSSR count). The zero-order chi connectivity index (χ0) is 12.8. The number of nitrogens with zero attached hydrogens (tertiary/aromatic N) is 2. The van der Waals surface area contributed by atoms with Crippen LogP contribution in [-0.4, -0.2) is 42.0 Å². The highest BCUT2D eigenvalue weighted by molar-refractivity contribution is 5.87. The number of hydrogen-bond acceptors (Lipinski definition) is 6. The van der Waals surface area contributed by atoms with Crippen molar-refractivity contribution in [2.75, 3.05) is 19.5 Å². The summed E-state index contributed by atoms with van der Waals surface area (Å²) in [5.74, 6) is -0.305. The first-order valence-corrected chi connectivity index (χ1v) is 4.97. The number of esters is 1. The average molecular weight is 238 g/mol. The molecule has 7 heteroatoms. The average Bonchev–Trinajstić information content (AvgIpc) is 2.37. The molecule has 0 saturated carbocycles. The van der Waals surface area contributed by atoms with Gasteiger partial charge in [-0.05, 0) is 6.92 Å². The van der Waals surface area contributed by atoms with Crippen LogP contribution in [0.1, 0.15) is 17.4 Å². The molecule has 0 radical (unpaired) electrons. The first kappa shape index (κ1) is 12.9. The molecule has 0 aliphatic rings. The molecule has 1 aromatic rings. The van der Waals surface area contributed by atoms with Gasteiger partial charge in [-0.2, -0.15) is 0 Å². The topological polar surface area (TPSA) is 93.2 Å². The monoisotopic (exact) mass is 238 g/mol. The van der Waals surface area contributed by atoms with Crippen LogP contribution in [0.15, 0.2) is 12.4 Å². The summed E-state index contributed by atoms with van der Waals surface area (Å²) in [4.78, 5) is 30.1. The maximum absolute atomic E-state index is 11.2. The van der Waals surface area contributed by atoms with Crippen molar-refractivity contribution < 1.29 is 14.3 Å². The Bertz CT molecular complexity index is 405. The molecule has 0 fully saturated rings. The van der Waals surface area contributed by atoms with E-state index in [-0.39, 0.29) is 11.6 Å². The number of rotatable bonds is 4. The lowest BCUT2D eigenvalue weighted by molar-refractivity contribution is -0.121. The van der Waals surface area contributed by atoms with E-state index in [4.69, 9.17) is 0 Å². The summed E-state index contributed by atoms with van der Waals surface area (Å²) in [6.45, 7) is 1.69. The number of hydrogen-bond donors (Lipinski definition) is 2. The third kappa shape index (κ3) is 3.40. The van der Waals surface area contributed by atoms with E-state index in [1.807, 2.05) is 0 Å². The fourth-order valence-corrected chi connectivity index (χ4v) is 1.12. The molecular formula is C10H14N4O3. The van der Waals surface area contributed by atoms with E-state index in [0.717, 1.165) is 0 Å². The van der Waals surface area contributed by atoms with Crippen LogP contribution in [-0.2, 0) is 9.53 Å². The Kier molecular flexibility index (Phi) is 4.38. The normalized spacial score (nSPS) is 11.5. The quantitative estimate of drug-likeness (QED) is 0.706. The molecule has 2 N–H and O–H groups in total. The van der Waals surface area contributed by atoms with Gasteiger partial charge in [-0.1, -0.05) is 0 Å². The Morgan fingerprint density at radius 1 is 1.35 bits per heavy atom. The molecule has 1 atom stereocenters. The molecule has 1 amide bonds. The summed E-state index contributed by atoms with van der Waals surface area (Å²) < 4.78 is 4.49. The number of anilines is 1. The van der Waals surface area contributed by atoms with Gasteiger partial charge in [0.05, 0.1) is 19.5 Å². The summed E-state index contributed by atoms with van der Waals surface area (Å²) in [5.41, 5.74) is 0.116. The molecule has 1 unspecified atom stereocenters. The molecule has 92 valence electrons. The zero-order valence-corrected chi connectivity index (χ0v) is 9.85. The minimum atomic E-state index is -0.552. The Morgan fingerprint density at radius 3 is 2.53 bits per heavy atom. The lowest BCUT2D eigenvalue weighted by Gasteiger charge is -2.12. The van der Waals surface area contributed by atoms with Gasteiger partial charge in [0, 0.05) is 7.05 Å². The molecule has 0 aliphatic carbocycles. The van der Waals surface area contributed by atoms with Crippen molar-refractivity contribution in [3.05, 3.63) is 18.1 Å². The van der Waals surface area contributed by atoms with E-state index >= 15 is 0 Å². The first-order chi connectivity index (χ1) is 8.08. The summed E-state index contributed by atoms with van der Waals surface area (Å²) in [7, 11) is 2.82. The van der Waals surface area contributed by atoms with Crippen LogP contribution in [0.25, 0.3) is 0 Å². The van der Waals surface area contributed by atoms with E-state index in [1.165, 1.54) is 19.5 Å². The Balaban J connectivity index is 2.68. The number of likely N-dealkylation sites (N-methyl/N-ethyl adjacent to an activating group) is 1. The Morgan fingerprint density at radius 2 is 2.06 bits per heavy atom. The summed E-state index contributed by atoms with van der Waals surface area (Å²) in [6, 6.07) is -0.432. The molecule has 7 nitrogen and oxygen atoms in total. The molecule has 0 bridgehead atoms. The van der Waals surface area contributed by atoms with Crippen LogP contribution in [0, 0.1) is 0 Å². The first-order valence-electron chi connectivity index (χ1n) is 4.97. The standard InChI is InChI=1S/C10H14N4O3/c1-6(9(15)11-2)14-8-5-12-7(4-13-8)10(16)17-3/h4-6H,1-3H3,(H,11,15)(H,13,14). The van der Waals surface area contributed by atoms with Crippen molar-refractivity contribution >= 4 is 17.7 Å². The molecule has 0 aliphatic heterocycles. The molecule has 0 saturated heterocycles.